The van der Waals surface area contributed by atoms with Crippen molar-refractivity contribution in [3.63, 3.8) is 0 Å². The van der Waals surface area contributed by atoms with Crippen molar-refractivity contribution in [2.75, 3.05) is 25.4 Å². The molecule has 1 saturated heterocycles. The Morgan fingerprint density at radius 3 is 2.33 bits per heavy atom. The van der Waals surface area contributed by atoms with Crippen molar-refractivity contribution in [3.8, 4) is 0 Å². The minimum absolute atomic E-state index is 0.190. The molecule has 18 heavy (non-hydrogen) atoms. The van der Waals surface area contributed by atoms with Gasteiger partial charge in [0.05, 0.1) is 5.75 Å². The predicted octanol–water partition coefficient (Wildman–Crippen LogP) is 1.49. The molecule has 0 amide bonds. The first kappa shape index (κ1) is 14.3. The van der Waals surface area contributed by atoms with E-state index in [2.05, 4.69) is 10.0 Å². The van der Waals surface area contributed by atoms with E-state index in [9.17, 15) is 8.42 Å². The third-order valence-corrected chi connectivity index (χ3v) is 6.17. The Morgan fingerprint density at radius 2 is 1.78 bits per heavy atom. The van der Waals surface area contributed by atoms with Crippen molar-refractivity contribution >= 4 is 10.0 Å². The van der Waals surface area contributed by atoms with E-state index in [0.717, 1.165) is 13.1 Å². The maximum atomic E-state index is 11.4. The first-order valence-electron chi connectivity index (χ1n) is 7.23. The van der Waals surface area contributed by atoms with Gasteiger partial charge in [-0.05, 0) is 69.9 Å². The molecule has 0 unspecified atom stereocenters. The van der Waals surface area contributed by atoms with Crippen LogP contribution in [0.1, 0.15) is 45.4 Å². The quantitative estimate of drug-likeness (QED) is 0.816. The van der Waals surface area contributed by atoms with Gasteiger partial charge in [0.25, 0.3) is 0 Å². The molecule has 4 nitrogen and oxygen atoms in total. The second kappa shape index (κ2) is 5.88. The first-order valence-corrected chi connectivity index (χ1v) is 8.89. The van der Waals surface area contributed by atoms with Crippen LogP contribution < -0.4 is 10.0 Å². The number of nitrogens with one attached hydrogen (secondary N) is 2. The van der Waals surface area contributed by atoms with Crippen molar-refractivity contribution in [1.29, 1.82) is 0 Å². The van der Waals surface area contributed by atoms with Crippen LogP contribution in [0.15, 0.2) is 0 Å². The van der Waals surface area contributed by atoms with Crippen molar-refractivity contribution in [1.82, 2.24) is 10.0 Å². The van der Waals surface area contributed by atoms with Crippen molar-refractivity contribution in [2.24, 2.45) is 11.3 Å². The zero-order valence-electron chi connectivity index (χ0n) is 11.4. The van der Waals surface area contributed by atoms with Crippen LogP contribution in [-0.4, -0.2) is 33.8 Å². The lowest BCUT2D eigenvalue weighted by Crippen LogP contribution is -2.41. The Balaban J connectivity index is 1.76. The van der Waals surface area contributed by atoms with Crippen LogP contribution in [0.3, 0.4) is 0 Å². The zero-order chi connectivity index (χ0) is 13.1. The fourth-order valence-corrected chi connectivity index (χ4v) is 3.99. The molecule has 1 aliphatic heterocycles. The van der Waals surface area contributed by atoms with Gasteiger partial charge in [-0.3, -0.25) is 0 Å². The SMILES string of the molecule is CCS(=O)(=O)NCC1CCC2(CCNCC2)CC1. The minimum atomic E-state index is -3.01. The van der Waals surface area contributed by atoms with Crippen LogP contribution in [-0.2, 0) is 10.0 Å². The molecule has 106 valence electrons. The topological polar surface area (TPSA) is 58.2 Å². The molecule has 2 N–H and O–H groups in total. The molecular weight excluding hydrogens is 248 g/mol. The number of rotatable bonds is 4. The Hall–Kier alpha value is -0.130. The number of hydrogen-bond acceptors (Lipinski definition) is 3. The monoisotopic (exact) mass is 274 g/mol. The predicted molar refractivity (Wildman–Crippen MR) is 74.0 cm³/mol. The summed E-state index contributed by atoms with van der Waals surface area (Å²) in [7, 11) is -3.01. The number of hydrogen-bond donors (Lipinski definition) is 2. The number of sulfonamides is 1. The summed E-state index contributed by atoms with van der Waals surface area (Å²) in [5.41, 5.74) is 0.575. The summed E-state index contributed by atoms with van der Waals surface area (Å²) in [5.74, 6) is 0.738. The lowest BCUT2D eigenvalue weighted by molar-refractivity contribution is 0.106. The maximum Gasteiger partial charge on any atom is 0.211 e. The number of piperidine rings is 1. The minimum Gasteiger partial charge on any atom is -0.317 e. The fourth-order valence-electron chi connectivity index (χ4n) is 3.30. The third kappa shape index (κ3) is 3.68. The van der Waals surface area contributed by atoms with Gasteiger partial charge in [0.15, 0.2) is 0 Å². The van der Waals surface area contributed by atoms with E-state index in [4.69, 9.17) is 0 Å². The highest BCUT2D eigenvalue weighted by molar-refractivity contribution is 7.89. The van der Waals surface area contributed by atoms with Gasteiger partial charge in [0.2, 0.25) is 10.0 Å². The van der Waals surface area contributed by atoms with Crippen LogP contribution in [0.4, 0.5) is 0 Å². The second-order valence-electron chi connectivity index (χ2n) is 5.95. The van der Waals surface area contributed by atoms with E-state index >= 15 is 0 Å². The highest BCUT2D eigenvalue weighted by Gasteiger charge is 2.36. The van der Waals surface area contributed by atoms with Crippen LogP contribution >= 0.6 is 0 Å². The largest absolute Gasteiger partial charge is 0.317 e. The van der Waals surface area contributed by atoms with Gasteiger partial charge in [-0.15, -0.1) is 0 Å². The van der Waals surface area contributed by atoms with Gasteiger partial charge in [0, 0.05) is 6.54 Å². The Labute approximate surface area is 111 Å². The normalized spacial score (nSPS) is 25.4. The van der Waals surface area contributed by atoms with Crippen LogP contribution in [0.2, 0.25) is 0 Å². The smallest absolute Gasteiger partial charge is 0.211 e. The highest BCUT2D eigenvalue weighted by atomic mass is 32.2. The van der Waals surface area contributed by atoms with Crippen molar-refractivity contribution in [2.45, 2.75) is 45.4 Å². The molecule has 2 fully saturated rings. The van der Waals surface area contributed by atoms with Gasteiger partial charge in [-0.2, -0.15) is 0 Å². The Morgan fingerprint density at radius 1 is 1.17 bits per heavy atom. The lowest BCUT2D eigenvalue weighted by Gasteiger charge is -2.43. The fraction of sp³-hybridized carbons (Fsp3) is 1.00. The van der Waals surface area contributed by atoms with Gasteiger partial charge in [-0.25, -0.2) is 13.1 Å². The van der Waals surface area contributed by atoms with Crippen LogP contribution in [0, 0.1) is 11.3 Å². The Bertz CT molecular complexity index is 351. The second-order valence-corrected chi connectivity index (χ2v) is 8.04. The molecule has 0 bridgehead atoms. The molecule has 0 atom stereocenters. The summed E-state index contributed by atoms with van der Waals surface area (Å²) in [6, 6.07) is 0. The first-order chi connectivity index (χ1) is 8.55. The summed E-state index contributed by atoms with van der Waals surface area (Å²) < 4.78 is 25.6. The molecule has 0 aromatic carbocycles. The summed E-state index contributed by atoms with van der Waals surface area (Å²) >= 11 is 0. The van der Waals surface area contributed by atoms with Crippen LogP contribution in [0.5, 0.6) is 0 Å². The summed E-state index contributed by atoms with van der Waals surface area (Å²) in [6.07, 6.45) is 7.56. The molecular formula is C13H26N2O2S. The average Bonchev–Trinajstić information content (AvgIpc) is 2.39. The van der Waals surface area contributed by atoms with E-state index in [-0.39, 0.29) is 5.75 Å². The summed E-state index contributed by atoms with van der Waals surface area (Å²) in [5, 5.41) is 3.43. The van der Waals surface area contributed by atoms with Gasteiger partial charge < -0.3 is 5.32 Å². The molecule has 0 aromatic rings. The van der Waals surface area contributed by atoms with E-state index in [1.165, 1.54) is 38.5 Å². The molecule has 5 heteroatoms. The summed E-state index contributed by atoms with van der Waals surface area (Å²) in [4.78, 5) is 0. The standard InChI is InChI=1S/C13H26N2O2S/c1-2-18(16,17)15-11-12-3-5-13(6-4-12)7-9-14-10-8-13/h12,14-15H,2-11H2,1H3. The van der Waals surface area contributed by atoms with Crippen molar-refractivity contribution < 1.29 is 8.42 Å². The van der Waals surface area contributed by atoms with E-state index in [1.807, 2.05) is 0 Å². The van der Waals surface area contributed by atoms with E-state index < -0.39 is 10.0 Å². The molecule has 2 rings (SSSR count). The summed E-state index contributed by atoms with van der Waals surface area (Å²) in [6.45, 7) is 4.65. The molecule has 1 spiro atoms. The average molecular weight is 274 g/mol. The maximum absolute atomic E-state index is 11.4. The van der Waals surface area contributed by atoms with Gasteiger partial charge in [-0.1, -0.05) is 0 Å². The zero-order valence-corrected chi connectivity index (χ0v) is 12.2. The molecule has 2 aliphatic rings. The van der Waals surface area contributed by atoms with E-state index in [0.29, 0.717) is 17.9 Å². The van der Waals surface area contributed by atoms with Crippen molar-refractivity contribution in [3.05, 3.63) is 0 Å². The molecule has 1 heterocycles. The third-order valence-electron chi connectivity index (χ3n) is 4.80. The molecule has 1 aliphatic carbocycles. The molecule has 1 saturated carbocycles. The highest BCUT2D eigenvalue weighted by Crippen LogP contribution is 2.44. The van der Waals surface area contributed by atoms with Gasteiger partial charge >= 0.3 is 0 Å². The van der Waals surface area contributed by atoms with Gasteiger partial charge in [0.1, 0.15) is 0 Å². The van der Waals surface area contributed by atoms with Crippen LogP contribution in [0.25, 0.3) is 0 Å². The molecule has 0 aromatic heterocycles. The Kier molecular flexibility index (Phi) is 4.67. The van der Waals surface area contributed by atoms with E-state index in [1.54, 1.807) is 6.92 Å². The molecule has 0 radical (unpaired) electrons. The lowest BCUT2D eigenvalue weighted by atomic mass is 9.66.